The second kappa shape index (κ2) is 4.33. The normalized spacial score (nSPS) is 28.4. The van der Waals surface area contributed by atoms with Gasteiger partial charge in [-0.05, 0) is 19.3 Å². The quantitative estimate of drug-likeness (QED) is 0.746. The lowest BCUT2D eigenvalue weighted by molar-refractivity contribution is -0.137. The molecule has 16 heavy (non-hydrogen) atoms. The average Bonchev–Trinajstić information content (AvgIpc) is 2.92. The molecule has 2 rings (SSSR count). The third-order valence-corrected chi connectivity index (χ3v) is 5.03. The average molecular weight is 247 g/mol. The van der Waals surface area contributed by atoms with Gasteiger partial charge >= 0.3 is 5.97 Å². The third-order valence-electron chi connectivity index (χ3n) is 3.28. The van der Waals surface area contributed by atoms with Gasteiger partial charge in [0.2, 0.25) is 0 Å². The molecule has 0 radical (unpaired) electrons. The lowest BCUT2D eigenvalue weighted by Gasteiger charge is -2.27. The molecule has 1 N–H and O–H groups in total. The van der Waals surface area contributed by atoms with E-state index in [0.29, 0.717) is 19.0 Å². The summed E-state index contributed by atoms with van der Waals surface area (Å²) < 4.78 is 22.8. The van der Waals surface area contributed by atoms with Gasteiger partial charge in [-0.25, -0.2) is 8.42 Å². The molecule has 0 aromatic carbocycles. The van der Waals surface area contributed by atoms with E-state index in [1.54, 1.807) is 0 Å². The van der Waals surface area contributed by atoms with Gasteiger partial charge < -0.3 is 5.11 Å². The molecule has 92 valence electrons. The summed E-state index contributed by atoms with van der Waals surface area (Å²) >= 11 is 0. The van der Waals surface area contributed by atoms with Crippen molar-refractivity contribution in [2.24, 2.45) is 0 Å². The van der Waals surface area contributed by atoms with Crippen molar-refractivity contribution in [1.82, 2.24) is 4.90 Å². The van der Waals surface area contributed by atoms with E-state index in [-0.39, 0.29) is 24.0 Å². The van der Waals surface area contributed by atoms with Crippen molar-refractivity contribution in [3.63, 3.8) is 0 Å². The summed E-state index contributed by atoms with van der Waals surface area (Å²) in [6.45, 7) is 0.486. The molecule has 1 saturated heterocycles. The highest BCUT2D eigenvalue weighted by Gasteiger charge is 2.39. The van der Waals surface area contributed by atoms with Crippen LogP contribution in [0.15, 0.2) is 0 Å². The molecule has 1 atom stereocenters. The predicted molar refractivity (Wildman–Crippen MR) is 59.0 cm³/mol. The first-order chi connectivity index (χ1) is 7.48. The van der Waals surface area contributed by atoms with E-state index in [1.807, 2.05) is 0 Å². The van der Waals surface area contributed by atoms with Gasteiger partial charge in [0.25, 0.3) is 0 Å². The highest BCUT2D eigenvalue weighted by atomic mass is 32.2. The molecule has 5 nitrogen and oxygen atoms in total. The van der Waals surface area contributed by atoms with Crippen molar-refractivity contribution in [3.05, 3.63) is 0 Å². The summed E-state index contributed by atoms with van der Waals surface area (Å²) in [4.78, 5) is 12.6. The Hall–Kier alpha value is -0.620. The van der Waals surface area contributed by atoms with Crippen LogP contribution in [0.3, 0.4) is 0 Å². The molecule has 0 aromatic heterocycles. The first-order valence-corrected chi connectivity index (χ1v) is 7.48. The smallest absolute Gasteiger partial charge is 0.304 e. The zero-order chi connectivity index (χ0) is 11.8. The fourth-order valence-electron chi connectivity index (χ4n) is 2.33. The highest BCUT2D eigenvalue weighted by Crippen LogP contribution is 2.32. The molecule has 0 bridgehead atoms. The van der Waals surface area contributed by atoms with Crippen LogP contribution in [0.4, 0.5) is 0 Å². The molecule has 0 amide bonds. The number of carboxylic acid groups (broad SMARTS) is 1. The Bertz CT molecular complexity index is 374. The maximum Gasteiger partial charge on any atom is 0.304 e. The van der Waals surface area contributed by atoms with Crippen molar-refractivity contribution in [1.29, 1.82) is 0 Å². The molecule has 1 unspecified atom stereocenters. The van der Waals surface area contributed by atoms with Crippen LogP contribution >= 0.6 is 0 Å². The number of sulfone groups is 1. The van der Waals surface area contributed by atoms with Gasteiger partial charge in [-0.2, -0.15) is 0 Å². The van der Waals surface area contributed by atoms with Crippen LogP contribution in [0.25, 0.3) is 0 Å². The van der Waals surface area contributed by atoms with Gasteiger partial charge in [0.15, 0.2) is 9.84 Å². The van der Waals surface area contributed by atoms with E-state index >= 15 is 0 Å². The minimum atomic E-state index is -2.87. The second-order valence-corrected chi connectivity index (χ2v) is 6.90. The van der Waals surface area contributed by atoms with Gasteiger partial charge in [-0.1, -0.05) is 0 Å². The molecular formula is C10H17NO4S. The van der Waals surface area contributed by atoms with E-state index in [1.165, 1.54) is 0 Å². The van der Waals surface area contributed by atoms with E-state index in [0.717, 1.165) is 12.8 Å². The second-order valence-electron chi connectivity index (χ2n) is 4.67. The van der Waals surface area contributed by atoms with Crippen LogP contribution in [0.2, 0.25) is 0 Å². The van der Waals surface area contributed by atoms with Gasteiger partial charge in [-0.3, -0.25) is 9.69 Å². The molecular weight excluding hydrogens is 230 g/mol. The highest BCUT2D eigenvalue weighted by molar-refractivity contribution is 7.91. The summed E-state index contributed by atoms with van der Waals surface area (Å²) in [5, 5.41) is 8.67. The Morgan fingerprint density at radius 1 is 1.25 bits per heavy atom. The first kappa shape index (κ1) is 11.9. The maximum absolute atomic E-state index is 11.4. The Morgan fingerprint density at radius 2 is 1.94 bits per heavy atom. The predicted octanol–water partition coefficient (Wildman–Crippen LogP) is 0.113. The number of hydrogen-bond acceptors (Lipinski definition) is 4. The van der Waals surface area contributed by atoms with Crippen LogP contribution < -0.4 is 0 Å². The molecule has 2 aliphatic rings. The fourth-order valence-corrected chi connectivity index (χ4v) is 4.07. The third kappa shape index (κ3) is 2.95. The molecule has 0 spiro atoms. The number of nitrogens with zero attached hydrogens (tertiary/aromatic N) is 1. The van der Waals surface area contributed by atoms with Crippen LogP contribution in [-0.2, 0) is 14.6 Å². The topological polar surface area (TPSA) is 74.7 Å². The minimum Gasteiger partial charge on any atom is -0.481 e. The van der Waals surface area contributed by atoms with Crippen LogP contribution in [0.1, 0.15) is 25.7 Å². The maximum atomic E-state index is 11.4. The zero-order valence-corrected chi connectivity index (χ0v) is 9.95. The van der Waals surface area contributed by atoms with Crippen molar-refractivity contribution in [3.8, 4) is 0 Å². The van der Waals surface area contributed by atoms with Gasteiger partial charge in [-0.15, -0.1) is 0 Å². The minimum absolute atomic E-state index is 0.0526. The largest absolute Gasteiger partial charge is 0.481 e. The number of carbonyl (C=O) groups is 1. The SMILES string of the molecule is O=C(O)CCN(C1CC1)C1CCS(=O)(=O)C1. The molecule has 6 heteroatoms. The van der Waals surface area contributed by atoms with Crippen LogP contribution in [-0.4, -0.2) is 54.5 Å². The van der Waals surface area contributed by atoms with E-state index in [4.69, 9.17) is 5.11 Å². The van der Waals surface area contributed by atoms with Crippen molar-refractivity contribution < 1.29 is 18.3 Å². The van der Waals surface area contributed by atoms with E-state index < -0.39 is 15.8 Å². The molecule has 1 aliphatic carbocycles. The Kier molecular flexibility index (Phi) is 3.21. The van der Waals surface area contributed by atoms with Crippen molar-refractivity contribution >= 4 is 15.8 Å². The molecule has 1 heterocycles. The van der Waals surface area contributed by atoms with Gasteiger partial charge in [0, 0.05) is 18.6 Å². The molecule has 1 saturated carbocycles. The number of rotatable bonds is 5. The number of aliphatic carboxylic acids is 1. The summed E-state index contributed by atoms with van der Waals surface area (Å²) in [5.41, 5.74) is 0. The van der Waals surface area contributed by atoms with Gasteiger partial charge in [0.05, 0.1) is 17.9 Å². The zero-order valence-electron chi connectivity index (χ0n) is 9.13. The Morgan fingerprint density at radius 3 is 2.38 bits per heavy atom. The monoisotopic (exact) mass is 247 g/mol. The van der Waals surface area contributed by atoms with Crippen LogP contribution in [0, 0.1) is 0 Å². The van der Waals surface area contributed by atoms with Gasteiger partial charge in [0.1, 0.15) is 0 Å². The van der Waals surface area contributed by atoms with Crippen molar-refractivity contribution in [2.75, 3.05) is 18.1 Å². The molecule has 0 aromatic rings. The lowest BCUT2D eigenvalue weighted by Crippen LogP contribution is -2.39. The summed E-state index contributed by atoms with van der Waals surface area (Å²) in [6, 6.07) is 0.481. The summed E-state index contributed by atoms with van der Waals surface area (Å²) in [5.74, 6) is -0.344. The summed E-state index contributed by atoms with van der Waals surface area (Å²) in [7, 11) is -2.87. The molecule has 1 aliphatic heterocycles. The Balaban J connectivity index is 1.95. The number of carboxylic acids is 1. The van der Waals surface area contributed by atoms with E-state index in [2.05, 4.69) is 4.90 Å². The van der Waals surface area contributed by atoms with Crippen molar-refractivity contribution in [2.45, 2.75) is 37.8 Å². The van der Waals surface area contributed by atoms with Crippen LogP contribution in [0.5, 0.6) is 0 Å². The lowest BCUT2D eigenvalue weighted by atomic mass is 10.2. The standard InChI is InChI=1S/C10H17NO4S/c12-10(13)3-5-11(8-1-2-8)9-4-6-16(14,15)7-9/h8-9H,1-7H2,(H,12,13). The first-order valence-electron chi connectivity index (χ1n) is 5.66. The summed E-state index contributed by atoms with van der Waals surface area (Å²) in [6.07, 6.45) is 2.93. The number of hydrogen-bond donors (Lipinski definition) is 1. The fraction of sp³-hybridized carbons (Fsp3) is 0.900. The molecule has 2 fully saturated rings. The Labute approximate surface area is 95.4 Å². The van der Waals surface area contributed by atoms with E-state index in [9.17, 15) is 13.2 Å².